The lowest BCUT2D eigenvalue weighted by Gasteiger charge is -2.44. The summed E-state index contributed by atoms with van der Waals surface area (Å²) in [5.41, 5.74) is 2.24. The number of phenolic OH excluding ortho intramolecular Hbond substituents is 2. The number of nitrogens with one attached hydrogen (secondary N) is 1. The van der Waals surface area contributed by atoms with Crippen molar-refractivity contribution in [3.05, 3.63) is 105 Å². The van der Waals surface area contributed by atoms with Crippen molar-refractivity contribution in [2.45, 2.75) is 38.0 Å². The minimum Gasteiger partial charge on any atom is -0.870 e. The third-order valence-electron chi connectivity index (χ3n) is 9.30. The molecule has 4 N–H and O–H groups in total. The number of hydrogen-bond acceptors (Lipinski definition) is 10. The van der Waals surface area contributed by atoms with Crippen molar-refractivity contribution >= 4 is 41.0 Å². The van der Waals surface area contributed by atoms with Gasteiger partial charge in [-0.2, -0.15) is 0 Å². The predicted octanol–water partition coefficient (Wildman–Crippen LogP) is 6.44. The third kappa shape index (κ3) is 8.42. The fourth-order valence-electron chi connectivity index (χ4n) is 6.49. The van der Waals surface area contributed by atoms with Crippen LogP contribution in [0.25, 0.3) is 0 Å². The first-order chi connectivity index (χ1) is 24.1. The number of benzene rings is 3. The van der Waals surface area contributed by atoms with Crippen molar-refractivity contribution in [1.82, 2.24) is 4.90 Å². The highest BCUT2D eigenvalue weighted by Crippen LogP contribution is 2.38. The minimum absolute atomic E-state index is 0. The van der Waals surface area contributed by atoms with E-state index in [1.807, 2.05) is 0 Å². The summed E-state index contributed by atoms with van der Waals surface area (Å²) in [6.07, 6.45) is 3.60. The third-order valence-corrected chi connectivity index (χ3v) is 9.97. The number of carbonyl (C=O) groups excluding carboxylic acids is 2. The number of ether oxygens (including phenoxy) is 4. The van der Waals surface area contributed by atoms with E-state index in [1.165, 1.54) is 31.3 Å². The summed E-state index contributed by atoms with van der Waals surface area (Å²) in [7, 11) is 3.05. The molecule has 2 bridgehead atoms. The molecule has 3 aliphatic rings. The van der Waals surface area contributed by atoms with Crippen LogP contribution in [0.1, 0.15) is 46.0 Å². The Hall–Kier alpha value is -4.75. The van der Waals surface area contributed by atoms with Gasteiger partial charge in [-0.3, -0.25) is 9.80 Å². The molecule has 4 heterocycles. The van der Waals surface area contributed by atoms with Crippen molar-refractivity contribution in [3.8, 4) is 23.0 Å². The number of hydrogen-bond donors (Lipinski definition) is 2. The van der Waals surface area contributed by atoms with Gasteiger partial charge in [0.15, 0.2) is 35.4 Å². The number of amides is 1. The van der Waals surface area contributed by atoms with E-state index in [2.05, 4.69) is 9.88 Å². The number of nitrogens with zero attached hydrogens (tertiary/aromatic N) is 2. The van der Waals surface area contributed by atoms with Crippen molar-refractivity contribution in [2.75, 3.05) is 38.8 Å². The number of carbonyl (C=O) groups is 2. The van der Waals surface area contributed by atoms with Gasteiger partial charge in [0, 0.05) is 18.5 Å². The second-order valence-electron chi connectivity index (χ2n) is 12.3. The van der Waals surface area contributed by atoms with Crippen LogP contribution in [0.3, 0.4) is 0 Å². The number of methoxy groups -OCH3 is 2. The molecular formula is C37H39Cl2N3O9. The maximum Gasteiger partial charge on any atom is 0.415 e. The first-order valence-corrected chi connectivity index (χ1v) is 17.0. The summed E-state index contributed by atoms with van der Waals surface area (Å²) in [5, 5.41) is 21.7. The highest BCUT2D eigenvalue weighted by atomic mass is 35.5. The minimum atomic E-state index is -0.801. The summed E-state index contributed by atoms with van der Waals surface area (Å²) in [5.74, 6) is -0.136. The molecule has 0 spiro atoms. The lowest BCUT2D eigenvalue weighted by Crippen LogP contribution is -2.53. The number of aromatic amines is 1. The molecule has 7 rings (SSSR count). The zero-order valence-corrected chi connectivity index (χ0v) is 29.6. The van der Waals surface area contributed by atoms with E-state index in [1.54, 1.807) is 60.9 Å². The quantitative estimate of drug-likeness (QED) is 0.129. The summed E-state index contributed by atoms with van der Waals surface area (Å²) >= 11 is 12.9. The number of piperidine rings is 3. The Balaban J connectivity index is 0.00000504. The van der Waals surface area contributed by atoms with Crippen LogP contribution in [-0.2, 0) is 22.4 Å². The number of rotatable bonds is 11. The molecule has 3 fully saturated rings. The SMILES string of the molecule is COc1ccc([C@H](Cc2c(Cl)c[nH+]cc2Cl)OC(=O)c2ccc(CN(C(=O)O[C@H]3CN4CCC3CC4)c3cccc(O)c3O)cc2)cc1OC.[OH-]. The molecule has 4 aromatic rings. The lowest BCUT2D eigenvalue weighted by atomic mass is 9.86. The number of esters is 1. The predicted molar refractivity (Wildman–Crippen MR) is 188 cm³/mol. The van der Waals surface area contributed by atoms with Gasteiger partial charge in [0.2, 0.25) is 0 Å². The van der Waals surface area contributed by atoms with Gasteiger partial charge in [0.1, 0.15) is 22.3 Å². The molecule has 0 radical (unpaired) electrons. The molecule has 1 aromatic heterocycles. The molecule has 12 nitrogen and oxygen atoms in total. The summed E-state index contributed by atoms with van der Waals surface area (Å²) in [6, 6.07) is 16.2. The molecule has 3 aliphatic heterocycles. The van der Waals surface area contributed by atoms with Gasteiger partial charge in [0.05, 0.1) is 32.0 Å². The summed E-state index contributed by atoms with van der Waals surface area (Å²) in [6.45, 7) is 2.65. The van der Waals surface area contributed by atoms with E-state index in [0.717, 1.165) is 25.9 Å². The van der Waals surface area contributed by atoms with Crippen molar-refractivity contribution < 1.29 is 49.2 Å². The molecule has 0 unspecified atom stereocenters. The van der Waals surface area contributed by atoms with Gasteiger partial charge in [0.25, 0.3) is 0 Å². The number of fused-ring (bicyclic) bond motifs is 3. The number of phenols is 2. The molecule has 51 heavy (non-hydrogen) atoms. The standard InChI is InChI=1S/C37H37Cl2N3O8.H2O/c1-47-31-11-10-25(16-33(31)48-2)32(17-26-27(38)18-40-19-28(26)39)49-36(45)24-8-6-22(7-9-24)20-42(29-4-3-5-30(43)35(29)44)37(46)50-34-21-41-14-12-23(34)13-15-41;/h3-11,16,18-19,23,32,34,43-44H,12-15,17,20-21H2,1-2H3;1H2/t32-,34-;/m0./s1. The van der Waals surface area contributed by atoms with Gasteiger partial charge in [-0.15, -0.1) is 0 Å². The van der Waals surface area contributed by atoms with Gasteiger partial charge < -0.3 is 34.6 Å². The molecule has 270 valence electrons. The monoisotopic (exact) mass is 739 g/mol. The van der Waals surface area contributed by atoms with Crippen molar-refractivity contribution in [2.24, 2.45) is 5.92 Å². The van der Waals surface area contributed by atoms with E-state index < -0.39 is 23.9 Å². The fraction of sp³-hybridized carbons (Fsp3) is 0.324. The molecule has 3 aromatic carbocycles. The van der Waals surface area contributed by atoms with Crippen LogP contribution in [0.4, 0.5) is 10.5 Å². The maximum absolute atomic E-state index is 13.7. The number of H-pyrrole nitrogens is 1. The summed E-state index contributed by atoms with van der Waals surface area (Å²) in [4.78, 5) is 33.7. The second-order valence-corrected chi connectivity index (χ2v) is 13.1. The number of anilines is 1. The Morgan fingerprint density at radius 2 is 1.65 bits per heavy atom. The van der Waals surface area contributed by atoms with Crippen LogP contribution in [-0.4, -0.2) is 72.6 Å². The molecule has 1 amide bonds. The molecular weight excluding hydrogens is 701 g/mol. The number of aromatic hydroxyl groups is 2. The van der Waals surface area contributed by atoms with Gasteiger partial charge in [-0.1, -0.05) is 47.5 Å². The van der Waals surface area contributed by atoms with Crippen molar-refractivity contribution in [1.29, 1.82) is 0 Å². The second kappa shape index (κ2) is 16.5. The van der Waals surface area contributed by atoms with Crippen LogP contribution in [0, 0.1) is 5.92 Å². The zero-order valence-electron chi connectivity index (χ0n) is 28.1. The molecule has 3 saturated heterocycles. The highest BCUT2D eigenvalue weighted by molar-refractivity contribution is 6.35. The maximum atomic E-state index is 13.7. The van der Waals surface area contributed by atoms with Gasteiger partial charge in [-0.05, 0) is 79.4 Å². The molecule has 14 heteroatoms. The average Bonchev–Trinajstić information content (AvgIpc) is 3.13. The van der Waals surface area contributed by atoms with Crippen LogP contribution < -0.4 is 19.4 Å². The van der Waals surface area contributed by atoms with Crippen LogP contribution >= 0.6 is 23.2 Å². The smallest absolute Gasteiger partial charge is 0.415 e. The largest absolute Gasteiger partial charge is 0.870 e. The van der Waals surface area contributed by atoms with E-state index in [9.17, 15) is 19.8 Å². The number of aromatic nitrogens is 1. The average molecular weight is 741 g/mol. The lowest BCUT2D eigenvalue weighted by molar-refractivity contribution is -0.377. The number of pyridine rings is 1. The Bertz CT molecular complexity index is 1830. The molecule has 0 saturated carbocycles. The Labute approximate surface area is 305 Å². The number of halogens is 2. The van der Waals surface area contributed by atoms with E-state index in [-0.39, 0.29) is 47.5 Å². The normalized spacial score (nSPS) is 18.2. The highest BCUT2D eigenvalue weighted by Gasteiger charge is 2.38. The van der Waals surface area contributed by atoms with E-state index in [4.69, 9.17) is 42.1 Å². The van der Waals surface area contributed by atoms with Gasteiger partial charge in [-0.25, -0.2) is 14.6 Å². The molecule has 0 aliphatic carbocycles. The first kappa shape index (κ1) is 37.5. The van der Waals surface area contributed by atoms with E-state index in [0.29, 0.717) is 44.8 Å². The Morgan fingerprint density at radius 1 is 0.961 bits per heavy atom. The van der Waals surface area contributed by atoms with Crippen LogP contribution in [0.2, 0.25) is 10.0 Å². The first-order valence-electron chi connectivity index (χ1n) is 16.2. The zero-order chi connectivity index (χ0) is 35.4. The Morgan fingerprint density at radius 3 is 2.27 bits per heavy atom. The van der Waals surface area contributed by atoms with Crippen LogP contribution in [0.15, 0.2) is 73.1 Å². The summed E-state index contributed by atoms with van der Waals surface area (Å²) < 4.78 is 22.9. The topological polar surface area (TPSA) is 162 Å². The van der Waals surface area contributed by atoms with Crippen molar-refractivity contribution in [3.63, 3.8) is 0 Å². The van der Waals surface area contributed by atoms with E-state index >= 15 is 0 Å². The molecule has 2 atom stereocenters. The Kier molecular flexibility index (Phi) is 12.1. The fourth-order valence-corrected chi connectivity index (χ4v) is 7.02. The number of para-hydroxylation sites is 1. The van der Waals surface area contributed by atoms with Gasteiger partial charge >= 0.3 is 12.1 Å². The van der Waals surface area contributed by atoms with Crippen LogP contribution in [0.5, 0.6) is 23.0 Å².